The second-order valence-corrected chi connectivity index (χ2v) is 5.75. The summed E-state index contributed by atoms with van der Waals surface area (Å²) in [7, 11) is -3.63. The number of pyridine rings is 1. The molecule has 0 atom stereocenters. The van der Waals surface area contributed by atoms with Gasteiger partial charge in [0.15, 0.2) is 0 Å². The first-order valence-electron chi connectivity index (χ1n) is 5.74. The highest BCUT2D eigenvalue weighted by Gasteiger charge is 2.06. The van der Waals surface area contributed by atoms with Crippen LogP contribution in [-0.2, 0) is 16.6 Å². The van der Waals surface area contributed by atoms with Crippen molar-refractivity contribution in [2.45, 2.75) is 18.4 Å². The number of benzene rings is 1. The Hall–Kier alpha value is -1.92. The average Bonchev–Trinajstić information content (AvgIpc) is 2.37. The van der Waals surface area contributed by atoms with E-state index in [0.29, 0.717) is 6.54 Å². The maximum absolute atomic E-state index is 11.1. The van der Waals surface area contributed by atoms with Crippen LogP contribution in [-0.4, -0.2) is 13.4 Å². The molecule has 0 spiro atoms. The number of nitrogens with two attached hydrogens (primary N) is 1. The molecule has 0 aliphatic heterocycles. The number of primary sulfonamides is 1. The van der Waals surface area contributed by atoms with Crippen molar-refractivity contribution in [3.8, 4) is 0 Å². The normalized spacial score (nSPS) is 11.3. The van der Waals surface area contributed by atoms with Gasteiger partial charge in [0.05, 0.1) is 17.1 Å². The van der Waals surface area contributed by atoms with Gasteiger partial charge in [-0.2, -0.15) is 0 Å². The monoisotopic (exact) mass is 277 g/mol. The lowest BCUT2D eigenvalue weighted by molar-refractivity contribution is 0.598. The minimum atomic E-state index is -3.63. The molecule has 0 unspecified atom stereocenters. The molecule has 0 aliphatic carbocycles. The zero-order valence-electron chi connectivity index (χ0n) is 10.5. The van der Waals surface area contributed by atoms with E-state index in [2.05, 4.69) is 10.3 Å². The molecule has 19 heavy (non-hydrogen) atoms. The molecule has 0 aliphatic rings. The van der Waals surface area contributed by atoms with Crippen LogP contribution >= 0.6 is 0 Å². The van der Waals surface area contributed by atoms with Crippen LogP contribution < -0.4 is 10.5 Å². The number of rotatable bonds is 4. The molecule has 0 amide bonds. The molecule has 2 rings (SSSR count). The maximum Gasteiger partial charge on any atom is 0.238 e. The largest absolute Gasteiger partial charge is 0.379 e. The van der Waals surface area contributed by atoms with Crippen LogP contribution in [0.25, 0.3) is 0 Å². The summed E-state index contributed by atoms with van der Waals surface area (Å²) >= 11 is 0. The molecule has 0 saturated carbocycles. The van der Waals surface area contributed by atoms with Crippen LogP contribution in [0, 0.1) is 6.92 Å². The Labute approximate surface area is 112 Å². The second-order valence-electron chi connectivity index (χ2n) is 4.19. The Kier molecular flexibility index (Phi) is 3.82. The first-order valence-corrected chi connectivity index (χ1v) is 7.29. The molecule has 1 aromatic heterocycles. The number of anilines is 1. The van der Waals surface area contributed by atoms with E-state index in [0.717, 1.165) is 16.9 Å². The minimum Gasteiger partial charge on any atom is -0.379 e. The van der Waals surface area contributed by atoms with Crippen molar-refractivity contribution in [2.75, 3.05) is 5.32 Å². The van der Waals surface area contributed by atoms with E-state index < -0.39 is 10.0 Å². The third-order valence-corrected chi connectivity index (χ3v) is 3.69. The number of hydrogen-bond acceptors (Lipinski definition) is 4. The van der Waals surface area contributed by atoms with Gasteiger partial charge in [0.25, 0.3) is 0 Å². The van der Waals surface area contributed by atoms with Gasteiger partial charge in [-0.3, -0.25) is 4.98 Å². The highest BCUT2D eigenvalue weighted by molar-refractivity contribution is 7.89. The van der Waals surface area contributed by atoms with Crippen LogP contribution in [0.5, 0.6) is 0 Å². The highest BCUT2D eigenvalue weighted by Crippen LogP contribution is 2.14. The number of nitrogens with one attached hydrogen (secondary N) is 1. The van der Waals surface area contributed by atoms with Gasteiger partial charge < -0.3 is 5.32 Å². The van der Waals surface area contributed by atoms with Gasteiger partial charge in [0, 0.05) is 11.9 Å². The lowest BCUT2D eigenvalue weighted by atomic mass is 10.2. The van der Waals surface area contributed by atoms with Crippen molar-refractivity contribution >= 4 is 15.7 Å². The fourth-order valence-electron chi connectivity index (χ4n) is 1.65. The van der Waals surface area contributed by atoms with Crippen LogP contribution in [0.4, 0.5) is 5.69 Å². The summed E-state index contributed by atoms with van der Waals surface area (Å²) in [6.45, 7) is 2.58. The van der Waals surface area contributed by atoms with Crippen molar-refractivity contribution in [1.29, 1.82) is 0 Å². The lowest BCUT2D eigenvalue weighted by Crippen LogP contribution is -2.12. The van der Waals surface area contributed by atoms with Crippen LogP contribution in [0.3, 0.4) is 0 Å². The number of sulfonamides is 1. The SMILES string of the molecule is Cc1cccnc1CNc1ccc(S(N)(=O)=O)cc1. The van der Waals surface area contributed by atoms with Gasteiger partial charge >= 0.3 is 0 Å². The van der Waals surface area contributed by atoms with E-state index in [1.54, 1.807) is 18.3 Å². The van der Waals surface area contributed by atoms with Crippen molar-refractivity contribution < 1.29 is 8.42 Å². The lowest BCUT2D eigenvalue weighted by Gasteiger charge is -2.08. The van der Waals surface area contributed by atoms with Crippen molar-refractivity contribution in [2.24, 2.45) is 5.14 Å². The van der Waals surface area contributed by atoms with E-state index in [-0.39, 0.29) is 4.90 Å². The Morgan fingerprint density at radius 2 is 1.89 bits per heavy atom. The molecule has 1 aromatic carbocycles. The molecule has 5 nitrogen and oxygen atoms in total. The van der Waals surface area contributed by atoms with Crippen LogP contribution in [0.1, 0.15) is 11.3 Å². The summed E-state index contributed by atoms with van der Waals surface area (Å²) < 4.78 is 22.2. The van der Waals surface area contributed by atoms with Crippen molar-refractivity contribution in [3.63, 3.8) is 0 Å². The third-order valence-electron chi connectivity index (χ3n) is 2.76. The summed E-state index contributed by atoms with van der Waals surface area (Å²) in [5, 5.41) is 8.22. The summed E-state index contributed by atoms with van der Waals surface area (Å²) in [5.74, 6) is 0. The van der Waals surface area contributed by atoms with Gasteiger partial charge in [-0.05, 0) is 42.8 Å². The Bertz CT molecular complexity index is 667. The minimum absolute atomic E-state index is 0.104. The highest BCUT2D eigenvalue weighted by atomic mass is 32.2. The maximum atomic E-state index is 11.1. The number of nitrogens with zero attached hydrogens (tertiary/aromatic N) is 1. The molecule has 6 heteroatoms. The summed E-state index contributed by atoms with van der Waals surface area (Å²) in [5.41, 5.74) is 2.88. The van der Waals surface area contributed by atoms with Gasteiger partial charge in [0.2, 0.25) is 10.0 Å². The molecular weight excluding hydrogens is 262 g/mol. The standard InChI is InChI=1S/C13H15N3O2S/c1-10-3-2-8-15-13(10)9-16-11-4-6-12(7-5-11)19(14,17)18/h2-8,16H,9H2,1H3,(H2,14,17,18). The van der Waals surface area contributed by atoms with E-state index in [1.165, 1.54) is 12.1 Å². The quantitative estimate of drug-likeness (QED) is 0.889. The first kappa shape index (κ1) is 13.5. The van der Waals surface area contributed by atoms with Crippen molar-refractivity contribution in [3.05, 3.63) is 53.9 Å². The van der Waals surface area contributed by atoms with E-state index >= 15 is 0 Å². The fourth-order valence-corrected chi connectivity index (χ4v) is 2.17. The molecule has 0 radical (unpaired) electrons. The predicted molar refractivity (Wildman–Crippen MR) is 74.1 cm³/mol. The van der Waals surface area contributed by atoms with Gasteiger partial charge in [-0.25, -0.2) is 13.6 Å². The smallest absolute Gasteiger partial charge is 0.238 e. The number of aryl methyl sites for hydroxylation is 1. The molecule has 3 N–H and O–H groups in total. The molecule has 0 saturated heterocycles. The predicted octanol–water partition coefficient (Wildman–Crippen LogP) is 1.65. The van der Waals surface area contributed by atoms with Gasteiger partial charge in [-0.15, -0.1) is 0 Å². The molecule has 100 valence electrons. The Morgan fingerprint density at radius 3 is 2.47 bits per heavy atom. The van der Waals surface area contributed by atoms with Gasteiger partial charge in [-0.1, -0.05) is 6.07 Å². The molecular formula is C13H15N3O2S. The molecule has 0 bridgehead atoms. The fraction of sp³-hybridized carbons (Fsp3) is 0.154. The average molecular weight is 277 g/mol. The van der Waals surface area contributed by atoms with Crippen molar-refractivity contribution in [1.82, 2.24) is 4.98 Å². The zero-order valence-corrected chi connectivity index (χ0v) is 11.3. The molecule has 2 aromatic rings. The van der Waals surface area contributed by atoms with Crippen LogP contribution in [0.2, 0.25) is 0 Å². The first-order chi connectivity index (χ1) is 8.97. The number of hydrogen-bond donors (Lipinski definition) is 2. The second kappa shape index (κ2) is 5.38. The Morgan fingerprint density at radius 1 is 1.21 bits per heavy atom. The van der Waals surface area contributed by atoms with Crippen LogP contribution in [0.15, 0.2) is 47.5 Å². The topological polar surface area (TPSA) is 85.1 Å². The molecule has 0 fully saturated rings. The summed E-state index contributed by atoms with van der Waals surface area (Å²) in [6, 6.07) is 10.2. The zero-order chi connectivity index (χ0) is 13.9. The summed E-state index contributed by atoms with van der Waals surface area (Å²) in [4.78, 5) is 4.38. The van der Waals surface area contributed by atoms with E-state index in [1.807, 2.05) is 19.1 Å². The van der Waals surface area contributed by atoms with E-state index in [9.17, 15) is 8.42 Å². The third kappa shape index (κ3) is 3.52. The number of aromatic nitrogens is 1. The van der Waals surface area contributed by atoms with Gasteiger partial charge in [0.1, 0.15) is 0 Å². The van der Waals surface area contributed by atoms with E-state index in [4.69, 9.17) is 5.14 Å². The Balaban J connectivity index is 2.07. The summed E-state index contributed by atoms with van der Waals surface area (Å²) in [6.07, 6.45) is 1.74. The molecule has 1 heterocycles.